The smallest absolute Gasteiger partial charge is 0.432 e. The van der Waals surface area contributed by atoms with E-state index < -0.39 is 21.8 Å². The summed E-state index contributed by atoms with van der Waals surface area (Å²) in [5, 5.41) is 0. The van der Waals surface area contributed by atoms with Gasteiger partial charge in [-0.1, -0.05) is 24.6 Å². The number of amides is 1. The third-order valence-electron chi connectivity index (χ3n) is 2.50. The highest BCUT2D eigenvalue weighted by atomic mass is 32.2. The molecule has 0 aliphatic rings. The number of rotatable bonds is 4. The molecule has 0 heterocycles. The van der Waals surface area contributed by atoms with Crippen LogP contribution in [-0.4, -0.2) is 20.1 Å². The number of benzene rings is 1. The number of hydrogen-bond donors (Lipinski definition) is 1. The lowest BCUT2D eigenvalue weighted by Crippen LogP contribution is -2.34. The highest BCUT2D eigenvalue weighted by molar-refractivity contribution is 7.86. The Morgan fingerprint density at radius 2 is 1.90 bits per heavy atom. The zero-order valence-electron chi connectivity index (χ0n) is 12.9. The van der Waals surface area contributed by atoms with E-state index >= 15 is 0 Å². The normalized spacial score (nSPS) is 12.0. The van der Waals surface area contributed by atoms with Crippen molar-refractivity contribution in [3.63, 3.8) is 0 Å². The summed E-state index contributed by atoms with van der Waals surface area (Å²) in [5.41, 5.74) is 2.63. The number of aryl methyl sites for hydroxylation is 2. The average Bonchev–Trinajstić information content (AvgIpc) is 2.34. The Morgan fingerprint density at radius 3 is 2.43 bits per heavy atom. The molecule has 0 bridgehead atoms. The number of hydrogen-bond acceptors (Lipinski definition) is 5. The number of ether oxygens (including phenoxy) is 1. The van der Waals surface area contributed by atoms with Gasteiger partial charge in [0.1, 0.15) is 5.60 Å². The molecule has 0 aromatic heterocycles. The van der Waals surface area contributed by atoms with E-state index in [0.29, 0.717) is 12.0 Å². The topological polar surface area (TPSA) is 81.7 Å². The maximum absolute atomic E-state index is 12.1. The Kier molecular flexibility index (Phi) is 5.36. The molecule has 0 unspecified atom stereocenters. The summed E-state index contributed by atoms with van der Waals surface area (Å²) in [6.07, 6.45) is -0.428. The second kappa shape index (κ2) is 6.44. The van der Waals surface area contributed by atoms with Crippen LogP contribution in [0.4, 0.5) is 4.79 Å². The fourth-order valence-corrected chi connectivity index (χ4v) is 2.69. The number of hydroxylamine groups is 1. The van der Waals surface area contributed by atoms with Crippen LogP contribution in [0.25, 0.3) is 0 Å². The maximum atomic E-state index is 12.1. The Bertz CT molecular complexity index is 617. The van der Waals surface area contributed by atoms with Crippen molar-refractivity contribution in [2.45, 2.75) is 51.5 Å². The molecule has 0 saturated heterocycles. The summed E-state index contributed by atoms with van der Waals surface area (Å²) in [6, 6.07) is 4.90. The van der Waals surface area contributed by atoms with Crippen LogP contribution >= 0.6 is 0 Å². The van der Waals surface area contributed by atoms with Gasteiger partial charge in [0.25, 0.3) is 0 Å². The molecular formula is C14H21NO5S. The van der Waals surface area contributed by atoms with Crippen molar-refractivity contribution in [3.05, 3.63) is 29.3 Å². The lowest BCUT2D eigenvalue weighted by molar-refractivity contribution is 0.0298. The van der Waals surface area contributed by atoms with Crippen molar-refractivity contribution in [2.75, 3.05) is 0 Å². The molecule has 21 heavy (non-hydrogen) atoms. The molecule has 0 aliphatic heterocycles. The molecule has 1 rings (SSSR count). The fourth-order valence-electron chi connectivity index (χ4n) is 1.66. The quantitative estimate of drug-likeness (QED) is 0.864. The molecule has 1 N–H and O–H groups in total. The van der Waals surface area contributed by atoms with Crippen molar-refractivity contribution in [1.82, 2.24) is 5.48 Å². The molecule has 7 heteroatoms. The fraction of sp³-hybridized carbons (Fsp3) is 0.500. The van der Waals surface area contributed by atoms with E-state index in [1.165, 1.54) is 6.07 Å². The predicted molar refractivity (Wildman–Crippen MR) is 78.2 cm³/mol. The van der Waals surface area contributed by atoms with Gasteiger partial charge in [-0.3, -0.25) is 0 Å². The second-order valence-corrected chi connectivity index (χ2v) is 7.12. The van der Waals surface area contributed by atoms with E-state index in [1.54, 1.807) is 38.4 Å². The summed E-state index contributed by atoms with van der Waals surface area (Å²) in [7, 11) is -4.08. The van der Waals surface area contributed by atoms with Gasteiger partial charge in [-0.05, 0) is 45.7 Å². The molecule has 0 radical (unpaired) electrons. The first-order valence-electron chi connectivity index (χ1n) is 6.57. The van der Waals surface area contributed by atoms with Crippen molar-refractivity contribution in [3.8, 4) is 0 Å². The van der Waals surface area contributed by atoms with E-state index in [2.05, 4.69) is 4.28 Å². The van der Waals surface area contributed by atoms with Crippen LogP contribution in [0.2, 0.25) is 0 Å². The average molecular weight is 315 g/mol. The molecule has 1 aromatic carbocycles. The Labute approximate surface area is 125 Å². The maximum Gasteiger partial charge on any atom is 0.432 e. The predicted octanol–water partition coefficient (Wildman–Crippen LogP) is 2.70. The zero-order chi connectivity index (χ0) is 16.3. The van der Waals surface area contributed by atoms with E-state index in [0.717, 1.165) is 5.56 Å². The lowest BCUT2D eigenvalue weighted by atomic mass is 10.1. The van der Waals surface area contributed by atoms with Crippen LogP contribution in [0.1, 0.15) is 38.8 Å². The van der Waals surface area contributed by atoms with Crippen molar-refractivity contribution >= 4 is 16.2 Å². The van der Waals surface area contributed by atoms with Gasteiger partial charge in [0, 0.05) is 0 Å². The van der Waals surface area contributed by atoms with Gasteiger partial charge in [0.05, 0.1) is 4.90 Å². The molecular weight excluding hydrogens is 294 g/mol. The summed E-state index contributed by atoms with van der Waals surface area (Å²) >= 11 is 0. The molecule has 118 valence electrons. The molecule has 0 spiro atoms. The summed E-state index contributed by atoms with van der Waals surface area (Å²) in [4.78, 5) is 11.5. The third-order valence-corrected chi connectivity index (χ3v) is 3.74. The van der Waals surface area contributed by atoms with Gasteiger partial charge in [0.2, 0.25) is 0 Å². The molecule has 0 fully saturated rings. The van der Waals surface area contributed by atoms with Gasteiger partial charge in [0.15, 0.2) is 0 Å². The van der Waals surface area contributed by atoms with Crippen molar-refractivity contribution in [1.29, 1.82) is 0 Å². The molecule has 6 nitrogen and oxygen atoms in total. The molecule has 0 saturated carbocycles. The van der Waals surface area contributed by atoms with Crippen LogP contribution in [0, 0.1) is 6.92 Å². The second-order valence-electron chi connectivity index (χ2n) is 5.61. The minimum atomic E-state index is -4.08. The van der Waals surface area contributed by atoms with Gasteiger partial charge in [-0.25, -0.2) is 4.79 Å². The van der Waals surface area contributed by atoms with Gasteiger partial charge >= 0.3 is 16.2 Å². The van der Waals surface area contributed by atoms with Crippen LogP contribution in [-0.2, 0) is 25.6 Å². The molecule has 0 aliphatic carbocycles. The van der Waals surface area contributed by atoms with E-state index in [4.69, 9.17) is 4.74 Å². The van der Waals surface area contributed by atoms with Crippen molar-refractivity contribution < 1.29 is 22.2 Å². The van der Waals surface area contributed by atoms with Crippen molar-refractivity contribution in [2.24, 2.45) is 0 Å². The highest BCUT2D eigenvalue weighted by Crippen LogP contribution is 2.19. The third kappa shape index (κ3) is 5.35. The standard InChI is InChI=1S/C14H21NO5S/c1-6-11-9-10(2)7-8-12(11)21(17,18)20-15-13(16)19-14(3,4)5/h7-9H,6H2,1-5H3,(H,15,16). The van der Waals surface area contributed by atoms with E-state index in [9.17, 15) is 13.2 Å². The Hall–Kier alpha value is -1.60. The zero-order valence-corrected chi connectivity index (χ0v) is 13.7. The number of nitrogens with one attached hydrogen (secondary N) is 1. The molecule has 1 aromatic rings. The minimum absolute atomic E-state index is 0.0339. The SMILES string of the molecule is CCc1cc(C)ccc1S(=O)(=O)ONC(=O)OC(C)(C)C. The van der Waals surface area contributed by atoms with Crippen LogP contribution in [0.5, 0.6) is 0 Å². The Balaban J connectivity index is 2.86. The first-order chi connectivity index (χ1) is 9.55. The van der Waals surface area contributed by atoms with E-state index in [-0.39, 0.29) is 4.90 Å². The summed E-state index contributed by atoms with van der Waals surface area (Å²) in [6.45, 7) is 8.70. The van der Waals surface area contributed by atoms with Crippen LogP contribution < -0.4 is 5.48 Å². The summed E-state index contributed by atoms with van der Waals surface area (Å²) < 4.78 is 33.7. The first-order valence-corrected chi connectivity index (χ1v) is 7.98. The number of carbonyl (C=O) groups is 1. The van der Waals surface area contributed by atoms with Gasteiger partial charge in [-0.15, -0.1) is 4.28 Å². The first kappa shape index (κ1) is 17.5. The lowest BCUT2D eigenvalue weighted by Gasteiger charge is -2.19. The van der Waals surface area contributed by atoms with Crippen LogP contribution in [0.15, 0.2) is 23.1 Å². The molecule has 1 amide bonds. The Morgan fingerprint density at radius 1 is 1.29 bits per heavy atom. The largest absolute Gasteiger partial charge is 0.442 e. The minimum Gasteiger partial charge on any atom is -0.442 e. The van der Waals surface area contributed by atoms with Crippen LogP contribution in [0.3, 0.4) is 0 Å². The monoisotopic (exact) mass is 315 g/mol. The molecule has 0 atom stereocenters. The van der Waals surface area contributed by atoms with E-state index in [1.807, 2.05) is 13.8 Å². The van der Waals surface area contributed by atoms with Gasteiger partial charge < -0.3 is 4.74 Å². The van der Waals surface area contributed by atoms with Gasteiger partial charge in [-0.2, -0.15) is 13.9 Å². The highest BCUT2D eigenvalue weighted by Gasteiger charge is 2.23. The summed E-state index contributed by atoms with van der Waals surface area (Å²) in [5.74, 6) is 0. The number of carbonyl (C=O) groups excluding carboxylic acids is 1.